The van der Waals surface area contributed by atoms with E-state index < -0.39 is 5.92 Å². The maximum atomic E-state index is 12.9. The van der Waals surface area contributed by atoms with E-state index >= 15 is 0 Å². The number of aromatic nitrogens is 2. The monoisotopic (exact) mass is 387 g/mol. The van der Waals surface area contributed by atoms with Crippen LogP contribution in [0.2, 0.25) is 0 Å². The predicted octanol–water partition coefficient (Wildman–Crippen LogP) is 2.88. The summed E-state index contributed by atoms with van der Waals surface area (Å²) < 4.78 is 12.3. The number of phenols is 1. The van der Waals surface area contributed by atoms with E-state index in [1.807, 2.05) is 4.68 Å². The number of aromatic amines is 1. The Labute approximate surface area is 162 Å². The van der Waals surface area contributed by atoms with Crippen LogP contribution in [0.15, 0.2) is 16.9 Å². The summed E-state index contributed by atoms with van der Waals surface area (Å²) in [7, 11) is 2.90. The third-order valence-electron chi connectivity index (χ3n) is 5.80. The van der Waals surface area contributed by atoms with Crippen molar-refractivity contribution in [2.45, 2.75) is 50.5 Å². The quantitative estimate of drug-likeness (QED) is 0.748. The molecule has 2 aliphatic rings. The molecule has 4 rings (SSSR count). The minimum absolute atomic E-state index is 0.108. The Kier molecular flexibility index (Phi) is 4.78. The second-order valence-corrected chi connectivity index (χ2v) is 7.44. The first-order valence-corrected chi connectivity index (χ1v) is 9.62. The van der Waals surface area contributed by atoms with Crippen molar-refractivity contribution < 1.29 is 19.4 Å². The lowest BCUT2D eigenvalue weighted by atomic mass is 9.86. The Balaban J connectivity index is 1.83. The summed E-state index contributed by atoms with van der Waals surface area (Å²) in [5.41, 5.74) is 1.03. The Morgan fingerprint density at radius 3 is 2.32 bits per heavy atom. The van der Waals surface area contributed by atoms with E-state index in [1.165, 1.54) is 20.6 Å². The number of hydrogen-bond acceptors (Lipinski definition) is 5. The number of carbonyl (C=O) groups is 1. The molecule has 1 aliphatic carbocycles. The smallest absolute Gasteiger partial charge is 0.270 e. The molecule has 8 nitrogen and oxygen atoms in total. The lowest BCUT2D eigenvalue weighted by Gasteiger charge is -2.28. The highest BCUT2D eigenvalue weighted by molar-refractivity contribution is 5.94. The van der Waals surface area contributed by atoms with E-state index in [2.05, 4.69) is 10.4 Å². The van der Waals surface area contributed by atoms with Gasteiger partial charge in [0.25, 0.3) is 5.56 Å². The van der Waals surface area contributed by atoms with Gasteiger partial charge in [-0.1, -0.05) is 19.3 Å². The van der Waals surface area contributed by atoms with E-state index in [1.54, 1.807) is 12.1 Å². The van der Waals surface area contributed by atoms with Crippen molar-refractivity contribution in [3.63, 3.8) is 0 Å². The van der Waals surface area contributed by atoms with Crippen LogP contribution in [0.3, 0.4) is 0 Å². The molecule has 1 unspecified atom stereocenters. The Morgan fingerprint density at radius 1 is 1.07 bits per heavy atom. The third-order valence-corrected chi connectivity index (χ3v) is 5.80. The van der Waals surface area contributed by atoms with Gasteiger partial charge in [0.1, 0.15) is 5.82 Å². The van der Waals surface area contributed by atoms with E-state index in [-0.39, 0.29) is 41.2 Å². The van der Waals surface area contributed by atoms with Crippen molar-refractivity contribution in [1.82, 2.24) is 9.78 Å². The number of nitrogens with zero attached hydrogens (tertiary/aromatic N) is 1. The number of carbonyl (C=O) groups excluding carboxylic acids is 1. The number of anilines is 1. The summed E-state index contributed by atoms with van der Waals surface area (Å²) in [6, 6.07) is 3.50. The summed E-state index contributed by atoms with van der Waals surface area (Å²) in [6.45, 7) is 0. The van der Waals surface area contributed by atoms with Crippen LogP contribution in [-0.4, -0.2) is 35.0 Å². The molecule has 0 bridgehead atoms. The number of fused-ring (bicyclic) bond motifs is 1. The van der Waals surface area contributed by atoms with Gasteiger partial charge in [-0.2, -0.15) is 0 Å². The zero-order valence-electron chi connectivity index (χ0n) is 16.1. The first-order valence-electron chi connectivity index (χ1n) is 9.62. The van der Waals surface area contributed by atoms with Gasteiger partial charge >= 0.3 is 0 Å². The lowest BCUT2D eigenvalue weighted by molar-refractivity contribution is -0.116. The number of phenolic OH excluding ortho intramolecular Hbond substituents is 1. The topological polar surface area (TPSA) is 106 Å². The summed E-state index contributed by atoms with van der Waals surface area (Å²) >= 11 is 0. The fourth-order valence-electron chi connectivity index (χ4n) is 4.40. The van der Waals surface area contributed by atoms with E-state index in [4.69, 9.17) is 9.47 Å². The minimum atomic E-state index is -0.444. The molecule has 2 heterocycles. The van der Waals surface area contributed by atoms with Gasteiger partial charge in [-0.05, 0) is 30.5 Å². The molecular weight excluding hydrogens is 362 g/mol. The number of H-pyrrole nitrogens is 1. The summed E-state index contributed by atoms with van der Waals surface area (Å²) in [6.07, 6.45) is 5.54. The van der Waals surface area contributed by atoms with Gasteiger partial charge in [0.15, 0.2) is 11.5 Å². The second-order valence-electron chi connectivity index (χ2n) is 7.44. The van der Waals surface area contributed by atoms with Gasteiger partial charge in [0.2, 0.25) is 11.7 Å². The molecule has 3 N–H and O–H groups in total. The molecule has 2 aromatic rings. The fraction of sp³-hybridized carbons (Fsp3) is 0.500. The van der Waals surface area contributed by atoms with Crippen LogP contribution < -0.4 is 20.3 Å². The average molecular weight is 387 g/mol. The molecule has 0 saturated heterocycles. The maximum absolute atomic E-state index is 12.9. The van der Waals surface area contributed by atoms with Crippen LogP contribution in [0.5, 0.6) is 17.2 Å². The van der Waals surface area contributed by atoms with Crippen LogP contribution in [0.4, 0.5) is 5.82 Å². The van der Waals surface area contributed by atoms with Crippen LogP contribution in [0.25, 0.3) is 0 Å². The Morgan fingerprint density at radius 2 is 1.71 bits per heavy atom. The molecule has 1 aromatic carbocycles. The van der Waals surface area contributed by atoms with E-state index in [0.717, 1.165) is 25.7 Å². The zero-order valence-corrected chi connectivity index (χ0v) is 16.1. The molecule has 150 valence electrons. The number of benzene rings is 1. The van der Waals surface area contributed by atoms with Gasteiger partial charge in [0.05, 0.1) is 25.8 Å². The largest absolute Gasteiger partial charge is 0.502 e. The van der Waals surface area contributed by atoms with Crippen LogP contribution in [-0.2, 0) is 4.79 Å². The number of ether oxygens (including phenoxy) is 2. The number of nitrogens with one attached hydrogen (secondary N) is 2. The maximum Gasteiger partial charge on any atom is 0.270 e. The standard InChI is InChI=1S/C20H25N3O5/c1-27-14-8-11(9-15(28-2)18(14)25)13-10-16(24)21-19-17(13)20(26)22-23(19)12-6-4-3-5-7-12/h8-9,12-13,25H,3-7,10H2,1-2H3,(H,21,24)(H,22,26). The van der Waals surface area contributed by atoms with Gasteiger partial charge in [0, 0.05) is 12.3 Å². The number of rotatable bonds is 4. The SMILES string of the molecule is COc1cc(C2CC(=O)Nc3c2c(=O)[nH]n3C2CCCCC2)cc(OC)c1O. The van der Waals surface area contributed by atoms with E-state index in [9.17, 15) is 14.7 Å². The van der Waals surface area contributed by atoms with Crippen LogP contribution in [0.1, 0.15) is 61.6 Å². The number of amides is 1. The fourth-order valence-corrected chi connectivity index (χ4v) is 4.40. The van der Waals surface area contributed by atoms with Gasteiger partial charge < -0.3 is 19.9 Å². The van der Waals surface area contributed by atoms with Crippen molar-refractivity contribution in [2.75, 3.05) is 19.5 Å². The van der Waals surface area contributed by atoms with Gasteiger partial charge in [-0.15, -0.1) is 0 Å². The van der Waals surface area contributed by atoms with Crippen molar-refractivity contribution in [3.05, 3.63) is 33.6 Å². The molecule has 28 heavy (non-hydrogen) atoms. The number of methoxy groups -OCH3 is 2. The third kappa shape index (κ3) is 3.02. The zero-order chi connectivity index (χ0) is 19.8. The van der Waals surface area contributed by atoms with Crippen molar-refractivity contribution in [2.24, 2.45) is 0 Å². The van der Waals surface area contributed by atoms with Crippen LogP contribution >= 0.6 is 0 Å². The van der Waals surface area contributed by atoms with Crippen molar-refractivity contribution >= 4 is 11.7 Å². The molecule has 1 amide bonds. The predicted molar refractivity (Wildman–Crippen MR) is 103 cm³/mol. The normalized spacial score (nSPS) is 19.8. The molecule has 1 aliphatic heterocycles. The molecular formula is C20H25N3O5. The second kappa shape index (κ2) is 7.26. The van der Waals surface area contributed by atoms with Gasteiger partial charge in [-0.3, -0.25) is 19.4 Å². The Hall–Kier alpha value is -2.90. The minimum Gasteiger partial charge on any atom is -0.502 e. The summed E-state index contributed by atoms with van der Waals surface area (Å²) in [4.78, 5) is 25.3. The van der Waals surface area contributed by atoms with Crippen LogP contribution in [0, 0.1) is 0 Å². The highest BCUT2D eigenvalue weighted by atomic mass is 16.5. The molecule has 1 atom stereocenters. The Bertz CT molecular complexity index is 930. The van der Waals surface area contributed by atoms with Crippen molar-refractivity contribution in [3.8, 4) is 17.2 Å². The van der Waals surface area contributed by atoms with Gasteiger partial charge in [-0.25, -0.2) is 0 Å². The van der Waals surface area contributed by atoms with Crippen molar-refractivity contribution in [1.29, 1.82) is 0 Å². The molecule has 1 aromatic heterocycles. The molecule has 1 fully saturated rings. The first-order chi connectivity index (χ1) is 13.5. The number of aromatic hydroxyl groups is 1. The summed E-state index contributed by atoms with van der Waals surface area (Å²) in [5.74, 6) is 0.343. The highest BCUT2D eigenvalue weighted by Crippen LogP contribution is 2.44. The first kappa shape index (κ1) is 18.5. The summed E-state index contributed by atoms with van der Waals surface area (Å²) in [5, 5.41) is 16.0. The lowest BCUT2D eigenvalue weighted by Crippen LogP contribution is -2.27. The average Bonchev–Trinajstić information content (AvgIpc) is 3.04. The molecule has 8 heteroatoms. The molecule has 0 spiro atoms. The number of hydrogen-bond donors (Lipinski definition) is 3. The van der Waals surface area contributed by atoms with E-state index in [0.29, 0.717) is 16.9 Å². The molecule has 0 radical (unpaired) electrons. The highest BCUT2D eigenvalue weighted by Gasteiger charge is 2.35. The molecule has 1 saturated carbocycles.